The molecule has 1 N–H and O–H groups in total. The Bertz CT molecular complexity index is 632. The molecule has 0 spiro atoms. The lowest BCUT2D eigenvalue weighted by Crippen LogP contribution is -1.94. The second-order valence-electron chi connectivity index (χ2n) is 3.89. The van der Waals surface area contributed by atoms with Crippen LogP contribution in [-0.4, -0.2) is 0 Å². The predicted molar refractivity (Wildman–Crippen MR) is 73.3 cm³/mol. The molecule has 2 aromatic carbocycles. The van der Waals surface area contributed by atoms with E-state index in [0.717, 1.165) is 11.3 Å². The normalized spacial score (nSPS) is 9.89. The Hall–Kier alpha value is -1.86. The number of nitrogens with one attached hydrogen (secondary N) is 1. The van der Waals surface area contributed by atoms with Crippen LogP contribution in [0.3, 0.4) is 0 Å². The fourth-order valence-electron chi connectivity index (χ4n) is 1.57. The second kappa shape index (κ2) is 5.19. The lowest BCUT2D eigenvalue weighted by atomic mass is 10.1. The first-order valence-corrected chi connectivity index (χ1v) is 6.12. The standard InChI is InChI=1S/C14H10BrFN2/c1-9-2-4-11(16)6-14(9)18-12-5-3-10(8-17)13(15)7-12/h2-7,18H,1H3. The van der Waals surface area contributed by atoms with Gasteiger partial charge >= 0.3 is 0 Å². The van der Waals surface area contributed by atoms with Crippen molar-refractivity contribution in [1.29, 1.82) is 5.26 Å². The maximum Gasteiger partial charge on any atom is 0.125 e. The molecule has 0 bridgehead atoms. The zero-order chi connectivity index (χ0) is 13.1. The Morgan fingerprint density at radius 3 is 2.67 bits per heavy atom. The van der Waals surface area contributed by atoms with Gasteiger partial charge in [0.05, 0.1) is 5.56 Å². The highest BCUT2D eigenvalue weighted by Gasteiger charge is 2.04. The summed E-state index contributed by atoms with van der Waals surface area (Å²) in [4.78, 5) is 0. The SMILES string of the molecule is Cc1ccc(F)cc1Nc1ccc(C#N)c(Br)c1. The van der Waals surface area contributed by atoms with Crippen LogP contribution in [0.25, 0.3) is 0 Å². The molecule has 0 saturated heterocycles. The van der Waals surface area contributed by atoms with Crippen molar-refractivity contribution < 1.29 is 4.39 Å². The van der Waals surface area contributed by atoms with E-state index < -0.39 is 0 Å². The smallest absolute Gasteiger partial charge is 0.125 e. The van der Waals surface area contributed by atoms with E-state index in [1.165, 1.54) is 12.1 Å². The average Bonchev–Trinajstić information content (AvgIpc) is 2.34. The molecule has 2 nitrogen and oxygen atoms in total. The van der Waals surface area contributed by atoms with Crippen LogP contribution in [0.4, 0.5) is 15.8 Å². The number of benzene rings is 2. The van der Waals surface area contributed by atoms with Crippen LogP contribution in [0, 0.1) is 24.1 Å². The summed E-state index contributed by atoms with van der Waals surface area (Å²) in [7, 11) is 0. The van der Waals surface area contributed by atoms with Crippen LogP contribution >= 0.6 is 15.9 Å². The second-order valence-corrected chi connectivity index (χ2v) is 4.75. The summed E-state index contributed by atoms with van der Waals surface area (Å²) in [5.41, 5.74) is 3.04. The number of hydrogen-bond acceptors (Lipinski definition) is 2. The molecule has 0 amide bonds. The highest BCUT2D eigenvalue weighted by molar-refractivity contribution is 9.10. The summed E-state index contributed by atoms with van der Waals surface area (Å²) in [5.74, 6) is -0.282. The van der Waals surface area contributed by atoms with E-state index in [-0.39, 0.29) is 5.82 Å². The summed E-state index contributed by atoms with van der Waals surface area (Å²) >= 11 is 3.32. The fourth-order valence-corrected chi connectivity index (χ4v) is 2.04. The molecular weight excluding hydrogens is 295 g/mol. The first-order chi connectivity index (χ1) is 8.60. The van der Waals surface area contributed by atoms with Crippen molar-refractivity contribution in [2.45, 2.75) is 6.92 Å². The minimum atomic E-state index is -0.282. The van der Waals surface area contributed by atoms with Crippen LogP contribution in [-0.2, 0) is 0 Å². The number of nitriles is 1. The third-order valence-electron chi connectivity index (χ3n) is 2.57. The van der Waals surface area contributed by atoms with Gasteiger partial charge in [-0.05, 0) is 58.7 Å². The zero-order valence-electron chi connectivity index (χ0n) is 9.67. The number of halogens is 2. The third-order valence-corrected chi connectivity index (χ3v) is 3.22. The van der Waals surface area contributed by atoms with Crippen molar-refractivity contribution in [3.8, 4) is 6.07 Å². The Kier molecular flexibility index (Phi) is 3.63. The minimum Gasteiger partial charge on any atom is -0.355 e. The lowest BCUT2D eigenvalue weighted by Gasteiger charge is -2.10. The monoisotopic (exact) mass is 304 g/mol. The molecule has 0 aliphatic carbocycles. The Balaban J connectivity index is 2.32. The average molecular weight is 305 g/mol. The number of nitrogens with zero attached hydrogens (tertiary/aromatic N) is 1. The van der Waals surface area contributed by atoms with E-state index >= 15 is 0 Å². The highest BCUT2D eigenvalue weighted by Crippen LogP contribution is 2.25. The van der Waals surface area contributed by atoms with Crippen molar-refractivity contribution in [1.82, 2.24) is 0 Å². The van der Waals surface area contributed by atoms with Gasteiger partial charge in [0.25, 0.3) is 0 Å². The van der Waals surface area contributed by atoms with Gasteiger partial charge in [0.15, 0.2) is 0 Å². The molecule has 0 aromatic heterocycles. The highest BCUT2D eigenvalue weighted by atomic mass is 79.9. The molecule has 0 aliphatic rings. The molecule has 0 unspecified atom stereocenters. The van der Waals surface area contributed by atoms with Crippen molar-refractivity contribution in [3.05, 3.63) is 57.8 Å². The maximum absolute atomic E-state index is 13.2. The van der Waals surface area contributed by atoms with Gasteiger partial charge in [0.1, 0.15) is 11.9 Å². The number of hydrogen-bond donors (Lipinski definition) is 1. The molecule has 2 aromatic rings. The van der Waals surface area contributed by atoms with Gasteiger partial charge in [0, 0.05) is 15.8 Å². The topological polar surface area (TPSA) is 35.8 Å². The van der Waals surface area contributed by atoms with Crippen molar-refractivity contribution in [2.75, 3.05) is 5.32 Å². The lowest BCUT2D eigenvalue weighted by molar-refractivity contribution is 0.628. The molecule has 2 rings (SSSR count). The first-order valence-electron chi connectivity index (χ1n) is 5.33. The molecule has 0 fully saturated rings. The maximum atomic E-state index is 13.2. The van der Waals surface area contributed by atoms with Crippen LogP contribution in [0.2, 0.25) is 0 Å². The van der Waals surface area contributed by atoms with Gasteiger partial charge in [-0.15, -0.1) is 0 Å². The van der Waals surface area contributed by atoms with E-state index in [2.05, 4.69) is 27.3 Å². The Morgan fingerprint density at radius 1 is 1.22 bits per heavy atom. The van der Waals surface area contributed by atoms with Gasteiger partial charge in [-0.25, -0.2) is 4.39 Å². The molecule has 0 radical (unpaired) electrons. The van der Waals surface area contributed by atoms with Gasteiger partial charge < -0.3 is 5.32 Å². The number of aryl methyl sites for hydroxylation is 1. The van der Waals surface area contributed by atoms with Crippen LogP contribution in [0.1, 0.15) is 11.1 Å². The molecule has 0 heterocycles. The largest absolute Gasteiger partial charge is 0.355 e. The molecule has 0 saturated carbocycles. The zero-order valence-corrected chi connectivity index (χ0v) is 11.3. The van der Waals surface area contributed by atoms with Gasteiger partial charge in [-0.1, -0.05) is 6.07 Å². The van der Waals surface area contributed by atoms with Gasteiger partial charge in [0.2, 0.25) is 0 Å². The molecular formula is C14H10BrFN2. The van der Waals surface area contributed by atoms with Crippen LogP contribution in [0.5, 0.6) is 0 Å². The van der Waals surface area contributed by atoms with E-state index in [4.69, 9.17) is 5.26 Å². The molecule has 90 valence electrons. The fraction of sp³-hybridized carbons (Fsp3) is 0.0714. The molecule has 18 heavy (non-hydrogen) atoms. The van der Waals surface area contributed by atoms with E-state index in [1.807, 2.05) is 6.92 Å². The third kappa shape index (κ3) is 2.69. The first kappa shape index (κ1) is 12.6. The van der Waals surface area contributed by atoms with Crippen molar-refractivity contribution in [3.63, 3.8) is 0 Å². The van der Waals surface area contributed by atoms with Crippen LogP contribution in [0.15, 0.2) is 40.9 Å². The summed E-state index contributed by atoms with van der Waals surface area (Å²) in [5, 5.41) is 12.0. The molecule has 4 heteroatoms. The van der Waals surface area contributed by atoms with Crippen molar-refractivity contribution in [2.24, 2.45) is 0 Å². The summed E-state index contributed by atoms with van der Waals surface area (Å²) < 4.78 is 13.9. The van der Waals surface area contributed by atoms with E-state index in [0.29, 0.717) is 15.7 Å². The van der Waals surface area contributed by atoms with Crippen molar-refractivity contribution >= 4 is 27.3 Å². The van der Waals surface area contributed by atoms with Crippen LogP contribution < -0.4 is 5.32 Å². The van der Waals surface area contributed by atoms with Gasteiger partial charge in [-0.2, -0.15) is 5.26 Å². The minimum absolute atomic E-state index is 0.282. The Labute approximate surface area is 113 Å². The number of anilines is 2. The van der Waals surface area contributed by atoms with E-state index in [1.54, 1.807) is 24.3 Å². The summed E-state index contributed by atoms with van der Waals surface area (Å²) in [6.45, 7) is 1.90. The Morgan fingerprint density at radius 2 is 2.00 bits per heavy atom. The van der Waals surface area contributed by atoms with E-state index in [9.17, 15) is 4.39 Å². The number of rotatable bonds is 2. The summed E-state index contributed by atoms with van der Waals surface area (Å²) in [6.07, 6.45) is 0. The van der Waals surface area contributed by atoms with Gasteiger partial charge in [-0.3, -0.25) is 0 Å². The molecule has 0 atom stereocenters. The quantitative estimate of drug-likeness (QED) is 0.886. The predicted octanol–water partition coefficient (Wildman–Crippen LogP) is 4.51. The molecule has 0 aliphatic heterocycles. The summed E-state index contributed by atoms with van der Waals surface area (Å²) in [6, 6.07) is 12.0.